The van der Waals surface area contributed by atoms with Crippen LogP contribution in [0.2, 0.25) is 0 Å². The zero-order valence-electron chi connectivity index (χ0n) is 9.28. The minimum absolute atomic E-state index is 0.150. The molecule has 15 heavy (non-hydrogen) atoms. The Kier molecular flexibility index (Phi) is 4.17. The quantitative estimate of drug-likeness (QED) is 0.763. The van der Waals surface area contributed by atoms with E-state index < -0.39 is 0 Å². The lowest BCUT2D eigenvalue weighted by Gasteiger charge is -2.15. The van der Waals surface area contributed by atoms with Crippen molar-refractivity contribution in [3.63, 3.8) is 0 Å². The molecule has 0 fully saturated rings. The molecule has 0 spiro atoms. The van der Waals surface area contributed by atoms with Crippen molar-refractivity contribution in [3.05, 3.63) is 12.1 Å². The van der Waals surface area contributed by atoms with Crippen LogP contribution in [-0.2, 0) is 4.74 Å². The Morgan fingerprint density at radius 1 is 1.47 bits per heavy atom. The minimum Gasteiger partial charge on any atom is -0.481 e. The maximum absolute atomic E-state index is 5.77. The summed E-state index contributed by atoms with van der Waals surface area (Å²) in [7, 11) is 3.22. The summed E-state index contributed by atoms with van der Waals surface area (Å²) < 4.78 is 10.0. The van der Waals surface area contributed by atoms with Crippen LogP contribution in [0.25, 0.3) is 0 Å². The molecular formula is C10H17N3O2. The summed E-state index contributed by atoms with van der Waals surface area (Å²) in [4.78, 5) is 4.20. The standard InChI is InChI=1S/C10H17N3O2/c1-7(6-14-2)12-10-8(11)4-5-9(13-10)15-3/h4-5,7H,6,11H2,1-3H3,(H,12,13). The molecule has 0 saturated heterocycles. The maximum Gasteiger partial charge on any atom is 0.215 e. The van der Waals surface area contributed by atoms with Gasteiger partial charge in [0, 0.05) is 19.2 Å². The first-order chi connectivity index (χ1) is 7.17. The van der Waals surface area contributed by atoms with Gasteiger partial charge in [-0.2, -0.15) is 4.98 Å². The SMILES string of the molecule is COCC(C)Nc1nc(OC)ccc1N. The van der Waals surface area contributed by atoms with Gasteiger partial charge in [-0.15, -0.1) is 0 Å². The van der Waals surface area contributed by atoms with Gasteiger partial charge in [-0.05, 0) is 13.0 Å². The average molecular weight is 211 g/mol. The number of nitrogens with two attached hydrogens (primary N) is 1. The molecule has 1 heterocycles. The van der Waals surface area contributed by atoms with Gasteiger partial charge in [0.05, 0.1) is 19.4 Å². The molecule has 0 bridgehead atoms. The van der Waals surface area contributed by atoms with E-state index in [0.717, 1.165) is 0 Å². The molecule has 5 nitrogen and oxygen atoms in total. The molecular weight excluding hydrogens is 194 g/mol. The number of hydrogen-bond donors (Lipinski definition) is 2. The van der Waals surface area contributed by atoms with Crippen molar-refractivity contribution < 1.29 is 9.47 Å². The van der Waals surface area contributed by atoms with Crippen LogP contribution in [0, 0.1) is 0 Å². The van der Waals surface area contributed by atoms with E-state index in [1.54, 1.807) is 26.4 Å². The van der Waals surface area contributed by atoms with Gasteiger partial charge in [0.15, 0.2) is 5.82 Å². The zero-order valence-corrected chi connectivity index (χ0v) is 9.28. The Morgan fingerprint density at radius 3 is 2.80 bits per heavy atom. The third-order valence-electron chi connectivity index (χ3n) is 1.91. The van der Waals surface area contributed by atoms with Gasteiger partial charge in [0.1, 0.15) is 0 Å². The topological polar surface area (TPSA) is 69.4 Å². The van der Waals surface area contributed by atoms with Gasteiger partial charge < -0.3 is 20.5 Å². The van der Waals surface area contributed by atoms with E-state index in [9.17, 15) is 0 Å². The van der Waals surface area contributed by atoms with E-state index >= 15 is 0 Å². The molecule has 0 aliphatic carbocycles. The number of pyridine rings is 1. The zero-order chi connectivity index (χ0) is 11.3. The second kappa shape index (κ2) is 5.41. The molecule has 5 heteroatoms. The van der Waals surface area contributed by atoms with Crippen molar-refractivity contribution in [3.8, 4) is 5.88 Å². The van der Waals surface area contributed by atoms with Crippen LogP contribution in [-0.4, -0.2) is 31.9 Å². The summed E-state index contributed by atoms with van der Waals surface area (Å²) >= 11 is 0. The van der Waals surface area contributed by atoms with E-state index in [4.69, 9.17) is 15.2 Å². The molecule has 0 aromatic carbocycles. The van der Waals surface area contributed by atoms with Gasteiger partial charge in [-0.3, -0.25) is 0 Å². The summed E-state index contributed by atoms with van der Waals surface area (Å²) in [6.45, 7) is 2.59. The first-order valence-corrected chi connectivity index (χ1v) is 4.73. The van der Waals surface area contributed by atoms with Crippen molar-refractivity contribution in [1.82, 2.24) is 4.98 Å². The monoisotopic (exact) mass is 211 g/mol. The first-order valence-electron chi connectivity index (χ1n) is 4.73. The maximum atomic E-state index is 5.77. The first kappa shape index (κ1) is 11.6. The number of anilines is 2. The number of nitrogens with one attached hydrogen (secondary N) is 1. The van der Waals surface area contributed by atoms with Crippen molar-refractivity contribution in [2.45, 2.75) is 13.0 Å². The molecule has 1 atom stereocenters. The fraction of sp³-hybridized carbons (Fsp3) is 0.500. The highest BCUT2D eigenvalue weighted by atomic mass is 16.5. The average Bonchev–Trinajstić information content (AvgIpc) is 2.21. The lowest BCUT2D eigenvalue weighted by Crippen LogP contribution is -2.22. The molecule has 1 unspecified atom stereocenters. The van der Waals surface area contributed by atoms with E-state index in [-0.39, 0.29) is 6.04 Å². The third-order valence-corrected chi connectivity index (χ3v) is 1.91. The van der Waals surface area contributed by atoms with Crippen LogP contribution in [0.1, 0.15) is 6.92 Å². The van der Waals surface area contributed by atoms with E-state index in [1.807, 2.05) is 6.92 Å². The Balaban J connectivity index is 2.74. The summed E-state index contributed by atoms with van der Waals surface area (Å²) in [5.74, 6) is 1.16. The normalized spacial score (nSPS) is 12.2. The van der Waals surface area contributed by atoms with E-state index in [2.05, 4.69) is 10.3 Å². The Hall–Kier alpha value is -1.49. The lowest BCUT2D eigenvalue weighted by molar-refractivity contribution is 0.190. The Labute approximate surface area is 89.6 Å². The van der Waals surface area contributed by atoms with Gasteiger partial charge in [0.25, 0.3) is 0 Å². The fourth-order valence-corrected chi connectivity index (χ4v) is 1.21. The molecule has 0 aliphatic rings. The van der Waals surface area contributed by atoms with Crippen LogP contribution < -0.4 is 15.8 Å². The molecule has 1 aromatic rings. The predicted octanol–water partition coefficient (Wildman–Crippen LogP) is 1.12. The summed E-state index contributed by atoms with van der Waals surface area (Å²) in [6.07, 6.45) is 0. The van der Waals surface area contributed by atoms with Gasteiger partial charge in [0.2, 0.25) is 5.88 Å². The van der Waals surface area contributed by atoms with E-state index in [1.165, 1.54) is 0 Å². The van der Waals surface area contributed by atoms with Crippen molar-refractivity contribution in [2.75, 3.05) is 31.9 Å². The molecule has 1 aromatic heterocycles. The molecule has 0 radical (unpaired) electrons. The van der Waals surface area contributed by atoms with Crippen LogP contribution >= 0.6 is 0 Å². The summed E-state index contributed by atoms with van der Waals surface area (Å²) in [5.41, 5.74) is 6.36. The number of methoxy groups -OCH3 is 2. The van der Waals surface area contributed by atoms with Gasteiger partial charge in [-0.1, -0.05) is 0 Å². The highest BCUT2D eigenvalue weighted by Gasteiger charge is 2.06. The van der Waals surface area contributed by atoms with Gasteiger partial charge >= 0.3 is 0 Å². The molecule has 0 amide bonds. The number of nitrogens with zero attached hydrogens (tertiary/aromatic N) is 1. The highest BCUT2D eigenvalue weighted by Crippen LogP contribution is 2.20. The van der Waals surface area contributed by atoms with Gasteiger partial charge in [-0.25, -0.2) is 0 Å². The summed E-state index contributed by atoms with van der Waals surface area (Å²) in [5, 5.41) is 3.14. The number of aromatic nitrogens is 1. The van der Waals surface area contributed by atoms with E-state index in [0.29, 0.717) is 24.0 Å². The summed E-state index contributed by atoms with van der Waals surface area (Å²) in [6, 6.07) is 3.63. The lowest BCUT2D eigenvalue weighted by atomic mass is 10.3. The number of nitrogen functional groups attached to an aromatic ring is 1. The second-order valence-corrected chi connectivity index (χ2v) is 3.29. The van der Waals surface area contributed by atoms with Crippen LogP contribution in [0.4, 0.5) is 11.5 Å². The number of rotatable bonds is 5. The smallest absolute Gasteiger partial charge is 0.215 e. The third kappa shape index (κ3) is 3.28. The molecule has 3 N–H and O–H groups in total. The van der Waals surface area contributed by atoms with Crippen molar-refractivity contribution in [1.29, 1.82) is 0 Å². The molecule has 1 rings (SSSR count). The highest BCUT2D eigenvalue weighted by molar-refractivity contribution is 5.62. The minimum atomic E-state index is 0.150. The Morgan fingerprint density at radius 2 is 2.20 bits per heavy atom. The largest absolute Gasteiger partial charge is 0.481 e. The van der Waals surface area contributed by atoms with Crippen LogP contribution in [0.5, 0.6) is 5.88 Å². The van der Waals surface area contributed by atoms with Crippen LogP contribution in [0.3, 0.4) is 0 Å². The fourth-order valence-electron chi connectivity index (χ4n) is 1.21. The molecule has 0 saturated carbocycles. The molecule has 84 valence electrons. The van der Waals surface area contributed by atoms with Crippen molar-refractivity contribution >= 4 is 11.5 Å². The number of ether oxygens (including phenoxy) is 2. The van der Waals surface area contributed by atoms with Crippen LogP contribution in [0.15, 0.2) is 12.1 Å². The van der Waals surface area contributed by atoms with Crippen molar-refractivity contribution in [2.24, 2.45) is 0 Å². The number of hydrogen-bond acceptors (Lipinski definition) is 5. The molecule has 0 aliphatic heterocycles. The predicted molar refractivity (Wildman–Crippen MR) is 60.2 cm³/mol. The second-order valence-electron chi connectivity index (χ2n) is 3.29. The Bertz CT molecular complexity index is 318.